The second kappa shape index (κ2) is 1.72. The smallest absolute Gasteiger partial charge is 0.223 e. The number of aromatic nitrogens is 8. The monoisotopic (exact) mass is 162 g/mol. The van der Waals surface area contributed by atoms with Crippen LogP contribution >= 0.6 is 0 Å². The van der Waals surface area contributed by atoms with Gasteiger partial charge in [0.15, 0.2) is 0 Å². The quantitative estimate of drug-likeness (QED) is 0.443. The van der Waals surface area contributed by atoms with Gasteiger partial charge in [0.25, 0.3) is 5.78 Å². The standard InChI is InChI=1S/C4H2N8/c1-2-3(7-5-1)9-12-4(6-2)8-10-11-12/h1H,(H,6,8,11). The predicted molar refractivity (Wildman–Crippen MR) is 35.1 cm³/mol. The minimum Gasteiger partial charge on any atom is -0.223 e. The second-order valence-corrected chi connectivity index (χ2v) is 2.18. The molecule has 0 unspecified atom stereocenters. The van der Waals surface area contributed by atoms with Gasteiger partial charge in [-0.05, 0) is 10.4 Å². The van der Waals surface area contributed by atoms with Gasteiger partial charge in [0.2, 0.25) is 5.82 Å². The average Bonchev–Trinajstić information content (AvgIpc) is 2.64. The molecule has 0 radical (unpaired) electrons. The van der Waals surface area contributed by atoms with E-state index in [1.165, 1.54) is 10.8 Å². The van der Waals surface area contributed by atoms with E-state index in [0.29, 0.717) is 17.3 Å². The van der Waals surface area contributed by atoms with Gasteiger partial charge < -0.3 is 0 Å². The van der Waals surface area contributed by atoms with Crippen LogP contribution in [0.3, 0.4) is 0 Å². The third-order valence-corrected chi connectivity index (χ3v) is 1.45. The lowest BCUT2D eigenvalue weighted by Crippen LogP contribution is -2.00. The number of nitrogens with zero attached hydrogens (tertiary/aromatic N) is 7. The molecule has 1 aromatic heterocycles. The summed E-state index contributed by atoms with van der Waals surface area (Å²) >= 11 is 0. The van der Waals surface area contributed by atoms with E-state index in [1.54, 1.807) is 0 Å². The zero-order valence-corrected chi connectivity index (χ0v) is 5.71. The maximum absolute atomic E-state index is 4.09. The summed E-state index contributed by atoms with van der Waals surface area (Å²) in [5, 5.41) is 21.1. The van der Waals surface area contributed by atoms with Crippen LogP contribution in [0, 0.1) is 0 Å². The van der Waals surface area contributed by atoms with Crippen molar-refractivity contribution in [2.24, 2.45) is 0 Å². The molecule has 0 spiro atoms. The highest BCUT2D eigenvalue weighted by Crippen LogP contribution is 2.10. The number of H-pyrrole nitrogens is 1. The minimum atomic E-state index is 0.460. The van der Waals surface area contributed by atoms with E-state index in [1.807, 2.05) is 0 Å². The van der Waals surface area contributed by atoms with Crippen LogP contribution in [0.15, 0.2) is 6.20 Å². The Balaban J connectivity index is 2.56. The number of aromatic amines is 1. The van der Waals surface area contributed by atoms with Gasteiger partial charge in [0.1, 0.15) is 5.69 Å². The van der Waals surface area contributed by atoms with Gasteiger partial charge in [-0.15, -0.1) is 10.2 Å². The van der Waals surface area contributed by atoms with Crippen molar-refractivity contribution in [1.29, 1.82) is 0 Å². The molecule has 0 fully saturated rings. The van der Waals surface area contributed by atoms with E-state index in [-0.39, 0.29) is 0 Å². The molecule has 0 saturated carbocycles. The molecule has 0 aromatic carbocycles. The normalized spacial score (nSPS) is 11.3. The highest BCUT2D eigenvalue weighted by atomic mass is 15.6. The van der Waals surface area contributed by atoms with Crippen LogP contribution in [0.5, 0.6) is 0 Å². The molecule has 12 heavy (non-hydrogen) atoms. The van der Waals surface area contributed by atoms with E-state index in [4.69, 9.17) is 0 Å². The van der Waals surface area contributed by atoms with Crippen molar-refractivity contribution in [3.8, 4) is 11.5 Å². The molecule has 1 N–H and O–H groups in total. The zero-order chi connectivity index (χ0) is 7.97. The van der Waals surface area contributed by atoms with Gasteiger partial charge in [-0.2, -0.15) is 5.10 Å². The summed E-state index contributed by atoms with van der Waals surface area (Å²) in [6.07, 6.45) is 1.53. The van der Waals surface area contributed by atoms with Crippen molar-refractivity contribution in [3.63, 3.8) is 0 Å². The Hall–Kier alpha value is -2.12. The van der Waals surface area contributed by atoms with Crippen molar-refractivity contribution in [2.45, 2.75) is 0 Å². The fourth-order valence-corrected chi connectivity index (χ4v) is 0.935. The molecule has 8 nitrogen and oxygen atoms in total. The Labute approximate surface area is 65.0 Å². The van der Waals surface area contributed by atoms with Crippen LogP contribution < -0.4 is 0 Å². The van der Waals surface area contributed by atoms with Gasteiger partial charge in [0, 0.05) is 0 Å². The summed E-state index contributed by atoms with van der Waals surface area (Å²) in [6.45, 7) is 0. The molecule has 0 aliphatic carbocycles. The summed E-state index contributed by atoms with van der Waals surface area (Å²) in [5.41, 5.74) is 0.626. The molecule has 0 saturated heterocycles. The molecule has 3 heterocycles. The molecule has 1 aromatic rings. The molecular formula is C4H2N8. The van der Waals surface area contributed by atoms with Gasteiger partial charge in [0.05, 0.1) is 6.20 Å². The van der Waals surface area contributed by atoms with E-state index in [9.17, 15) is 0 Å². The van der Waals surface area contributed by atoms with Crippen molar-refractivity contribution in [1.82, 2.24) is 40.4 Å². The van der Waals surface area contributed by atoms with Crippen molar-refractivity contribution in [2.75, 3.05) is 0 Å². The van der Waals surface area contributed by atoms with E-state index in [0.717, 1.165) is 0 Å². The van der Waals surface area contributed by atoms with E-state index < -0.39 is 0 Å². The maximum Gasteiger partial charge on any atom is 0.267 e. The van der Waals surface area contributed by atoms with Crippen LogP contribution in [0.2, 0.25) is 0 Å². The minimum absolute atomic E-state index is 0.460. The predicted octanol–water partition coefficient (Wildman–Crippen LogP) is -1.26. The molecule has 58 valence electrons. The first kappa shape index (κ1) is 5.52. The van der Waals surface area contributed by atoms with Crippen LogP contribution in [0.1, 0.15) is 0 Å². The van der Waals surface area contributed by atoms with Gasteiger partial charge in [-0.3, -0.25) is 0 Å². The van der Waals surface area contributed by atoms with Gasteiger partial charge in [-0.1, -0.05) is 4.63 Å². The molecule has 2 aliphatic heterocycles. The molecule has 3 rings (SSSR count). The fraction of sp³-hybridized carbons (Fsp3) is 0. The molecule has 0 atom stereocenters. The largest absolute Gasteiger partial charge is 0.267 e. The Bertz CT molecular complexity index is 451. The Morgan fingerprint density at radius 1 is 1.42 bits per heavy atom. The van der Waals surface area contributed by atoms with E-state index in [2.05, 4.69) is 35.8 Å². The maximum atomic E-state index is 4.09. The lowest BCUT2D eigenvalue weighted by atomic mass is 10.5. The second-order valence-electron chi connectivity index (χ2n) is 2.18. The third-order valence-electron chi connectivity index (χ3n) is 1.45. The molecule has 2 aliphatic rings. The third kappa shape index (κ3) is 0.557. The molecule has 8 heteroatoms. The first-order valence-corrected chi connectivity index (χ1v) is 3.19. The van der Waals surface area contributed by atoms with Crippen molar-refractivity contribution < 1.29 is 0 Å². The first-order valence-electron chi connectivity index (χ1n) is 3.19. The van der Waals surface area contributed by atoms with Crippen LogP contribution in [-0.2, 0) is 0 Å². The molecular weight excluding hydrogens is 160 g/mol. The highest BCUT2D eigenvalue weighted by molar-refractivity contribution is 5.50. The Morgan fingerprint density at radius 2 is 2.42 bits per heavy atom. The van der Waals surface area contributed by atoms with Crippen LogP contribution in [-0.4, -0.2) is 40.4 Å². The Kier molecular flexibility index (Phi) is 0.793. The number of nitrogens with one attached hydrogen (secondary N) is 1. The van der Waals surface area contributed by atoms with Crippen molar-refractivity contribution in [3.05, 3.63) is 6.20 Å². The summed E-state index contributed by atoms with van der Waals surface area (Å²) in [7, 11) is 0. The number of hydrogen-bond donors (Lipinski definition) is 1. The lowest BCUT2D eigenvalue weighted by molar-refractivity contribution is 0.722. The Morgan fingerprint density at radius 3 is 3.42 bits per heavy atom. The molecule has 0 amide bonds. The summed E-state index contributed by atoms with van der Waals surface area (Å²) < 4.78 is 1.26. The number of fused-ring (bicyclic) bond motifs is 2. The van der Waals surface area contributed by atoms with Gasteiger partial charge in [-0.25, -0.2) is 10.1 Å². The number of tetrazole rings is 1. The number of hydrogen-bond acceptors (Lipinski definition) is 6. The number of rotatable bonds is 0. The SMILES string of the molecule is c1nnc2nn3nn[nH]c3nc1-2. The highest BCUT2D eigenvalue weighted by Gasteiger charge is 2.10. The first-order chi connectivity index (χ1) is 5.93. The van der Waals surface area contributed by atoms with Crippen LogP contribution in [0.25, 0.3) is 17.3 Å². The average molecular weight is 162 g/mol. The van der Waals surface area contributed by atoms with E-state index >= 15 is 0 Å². The molecule has 0 bridgehead atoms. The fourth-order valence-electron chi connectivity index (χ4n) is 0.935. The topological polar surface area (TPSA) is 97.5 Å². The van der Waals surface area contributed by atoms with Crippen molar-refractivity contribution >= 4 is 5.78 Å². The summed E-state index contributed by atoms with van der Waals surface area (Å²) in [4.78, 5) is 4.09. The summed E-state index contributed by atoms with van der Waals surface area (Å²) in [5.74, 6) is 0.929. The van der Waals surface area contributed by atoms with Gasteiger partial charge >= 0.3 is 0 Å². The zero-order valence-electron chi connectivity index (χ0n) is 5.71. The summed E-state index contributed by atoms with van der Waals surface area (Å²) in [6, 6.07) is 0. The lowest BCUT2D eigenvalue weighted by Gasteiger charge is -1.91. The van der Waals surface area contributed by atoms with Crippen LogP contribution in [0.4, 0.5) is 0 Å².